The Kier molecular flexibility index (Phi) is 3.82. The molecule has 0 saturated heterocycles. The summed E-state index contributed by atoms with van der Waals surface area (Å²) in [5, 5.41) is 9.05. The first-order chi connectivity index (χ1) is 9.87. The molecule has 0 aliphatic carbocycles. The van der Waals surface area contributed by atoms with E-state index < -0.39 is 15.8 Å². The van der Waals surface area contributed by atoms with E-state index in [9.17, 15) is 12.8 Å². The van der Waals surface area contributed by atoms with Gasteiger partial charge in [-0.1, -0.05) is 12.1 Å². The zero-order valence-corrected chi connectivity index (χ0v) is 11.9. The van der Waals surface area contributed by atoms with Crippen molar-refractivity contribution in [3.63, 3.8) is 0 Å². The summed E-state index contributed by atoms with van der Waals surface area (Å²) >= 11 is 0. The molecule has 0 spiro atoms. The maximum absolute atomic E-state index is 13.7. The Morgan fingerprint density at radius 3 is 2.52 bits per heavy atom. The minimum atomic E-state index is -4.06. The van der Waals surface area contributed by atoms with Gasteiger partial charge in [0.25, 0.3) is 10.0 Å². The van der Waals surface area contributed by atoms with Crippen LogP contribution in [0.25, 0.3) is 0 Å². The molecule has 0 radical (unpaired) electrons. The first-order valence-electron chi connectivity index (χ1n) is 5.91. The minimum absolute atomic E-state index is 0.0850. The van der Waals surface area contributed by atoms with E-state index in [1.165, 1.54) is 43.4 Å². The van der Waals surface area contributed by atoms with Crippen molar-refractivity contribution in [2.45, 2.75) is 4.90 Å². The Morgan fingerprint density at radius 1 is 1.24 bits per heavy atom. The maximum atomic E-state index is 13.7. The molecule has 0 atom stereocenters. The average Bonchev–Trinajstić information content (AvgIpc) is 2.46. The van der Waals surface area contributed by atoms with Crippen LogP contribution in [-0.2, 0) is 10.0 Å². The van der Waals surface area contributed by atoms with E-state index in [1.807, 2.05) is 0 Å². The number of hydrogen-bond acceptors (Lipinski definition) is 4. The molecule has 0 saturated carbocycles. The Hall–Kier alpha value is -2.59. The molecule has 5 nitrogen and oxygen atoms in total. The fourth-order valence-corrected chi connectivity index (χ4v) is 3.17. The summed E-state index contributed by atoms with van der Waals surface area (Å²) in [4.78, 5) is -0.218. The summed E-state index contributed by atoms with van der Waals surface area (Å²) in [6.07, 6.45) is 0. The van der Waals surface area contributed by atoms with Crippen molar-refractivity contribution < 1.29 is 12.8 Å². The SMILES string of the molecule is CN(c1ccccc1F)S(=O)(=O)c1ccc(N)cc1C#N. The fraction of sp³-hybridized carbons (Fsp3) is 0.0714. The lowest BCUT2D eigenvalue weighted by Gasteiger charge is -2.20. The van der Waals surface area contributed by atoms with Gasteiger partial charge in [-0.3, -0.25) is 4.31 Å². The van der Waals surface area contributed by atoms with E-state index in [2.05, 4.69) is 0 Å². The van der Waals surface area contributed by atoms with Crippen molar-refractivity contribution in [2.75, 3.05) is 17.1 Å². The van der Waals surface area contributed by atoms with Crippen molar-refractivity contribution in [3.05, 3.63) is 53.8 Å². The first kappa shape index (κ1) is 14.8. The number of nitrogens with zero attached hydrogens (tertiary/aromatic N) is 2. The van der Waals surface area contributed by atoms with Crippen LogP contribution in [0.5, 0.6) is 0 Å². The van der Waals surface area contributed by atoms with Gasteiger partial charge in [-0.05, 0) is 30.3 Å². The highest BCUT2D eigenvalue weighted by Crippen LogP contribution is 2.27. The third-order valence-electron chi connectivity index (χ3n) is 2.95. The number of para-hydroxylation sites is 1. The van der Waals surface area contributed by atoms with Crippen LogP contribution in [0.3, 0.4) is 0 Å². The lowest BCUT2D eigenvalue weighted by atomic mass is 10.2. The monoisotopic (exact) mass is 305 g/mol. The summed E-state index contributed by atoms with van der Waals surface area (Å²) in [6, 6.07) is 11.2. The topological polar surface area (TPSA) is 87.2 Å². The second kappa shape index (κ2) is 5.42. The van der Waals surface area contributed by atoms with Crippen LogP contribution < -0.4 is 10.0 Å². The first-order valence-corrected chi connectivity index (χ1v) is 7.35. The molecule has 0 bridgehead atoms. The summed E-state index contributed by atoms with van der Waals surface area (Å²) in [7, 11) is -2.83. The third-order valence-corrected chi connectivity index (χ3v) is 4.78. The zero-order chi connectivity index (χ0) is 15.6. The molecule has 0 unspecified atom stereocenters. The number of nitriles is 1. The Bertz CT molecular complexity index is 828. The normalized spacial score (nSPS) is 10.9. The van der Waals surface area contributed by atoms with Gasteiger partial charge in [0.05, 0.1) is 11.3 Å². The number of benzene rings is 2. The van der Waals surface area contributed by atoms with Crippen LogP contribution in [-0.4, -0.2) is 15.5 Å². The molecule has 2 N–H and O–H groups in total. The summed E-state index contributed by atoms with van der Waals surface area (Å²) < 4.78 is 39.6. The molecule has 21 heavy (non-hydrogen) atoms. The molecule has 0 amide bonds. The van der Waals surface area contributed by atoms with E-state index in [0.717, 1.165) is 10.4 Å². The summed E-state index contributed by atoms with van der Waals surface area (Å²) in [5.74, 6) is -0.669. The van der Waals surface area contributed by atoms with Gasteiger partial charge >= 0.3 is 0 Å². The second-order valence-corrected chi connectivity index (χ2v) is 6.23. The van der Waals surface area contributed by atoms with Crippen LogP contribution in [0.2, 0.25) is 0 Å². The quantitative estimate of drug-likeness (QED) is 0.880. The number of halogens is 1. The fourth-order valence-electron chi connectivity index (χ4n) is 1.84. The lowest BCUT2D eigenvalue weighted by Crippen LogP contribution is -2.28. The predicted molar refractivity (Wildman–Crippen MR) is 77.6 cm³/mol. The lowest BCUT2D eigenvalue weighted by molar-refractivity contribution is 0.589. The molecule has 108 valence electrons. The second-order valence-electron chi connectivity index (χ2n) is 4.29. The van der Waals surface area contributed by atoms with Crippen LogP contribution >= 0.6 is 0 Å². The van der Waals surface area contributed by atoms with Crippen molar-refractivity contribution in [3.8, 4) is 6.07 Å². The molecular weight excluding hydrogens is 293 g/mol. The van der Waals surface area contributed by atoms with E-state index in [0.29, 0.717) is 0 Å². The minimum Gasteiger partial charge on any atom is -0.399 e. The summed E-state index contributed by atoms with van der Waals surface area (Å²) in [5.41, 5.74) is 5.63. The van der Waals surface area contributed by atoms with E-state index in [-0.39, 0.29) is 21.8 Å². The highest BCUT2D eigenvalue weighted by atomic mass is 32.2. The van der Waals surface area contributed by atoms with Gasteiger partial charge in [0, 0.05) is 12.7 Å². The van der Waals surface area contributed by atoms with Gasteiger partial charge in [-0.15, -0.1) is 0 Å². The number of anilines is 2. The average molecular weight is 305 g/mol. The summed E-state index contributed by atoms with van der Waals surface area (Å²) in [6.45, 7) is 0. The molecule has 0 aliphatic heterocycles. The van der Waals surface area contributed by atoms with Crippen LogP contribution in [0.4, 0.5) is 15.8 Å². The van der Waals surface area contributed by atoms with Gasteiger partial charge in [0.15, 0.2) is 0 Å². The van der Waals surface area contributed by atoms with Crippen molar-refractivity contribution in [2.24, 2.45) is 0 Å². The number of rotatable bonds is 3. The van der Waals surface area contributed by atoms with E-state index >= 15 is 0 Å². The van der Waals surface area contributed by atoms with Gasteiger partial charge in [-0.2, -0.15) is 5.26 Å². The standard InChI is InChI=1S/C14H12FN3O2S/c1-18(13-5-3-2-4-12(13)15)21(19,20)14-7-6-11(17)8-10(14)9-16/h2-8H,17H2,1H3. The molecule has 7 heteroatoms. The number of hydrogen-bond donors (Lipinski definition) is 1. The number of sulfonamides is 1. The van der Waals surface area contributed by atoms with Crippen LogP contribution in [0, 0.1) is 17.1 Å². The van der Waals surface area contributed by atoms with Crippen molar-refractivity contribution in [1.29, 1.82) is 5.26 Å². The van der Waals surface area contributed by atoms with Gasteiger partial charge in [-0.25, -0.2) is 12.8 Å². The Labute approximate surface area is 122 Å². The molecule has 2 aromatic rings. The van der Waals surface area contributed by atoms with E-state index in [1.54, 1.807) is 6.07 Å². The van der Waals surface area contributed by atoms with Gasteiger partial charge in [0.2, 0.25) is 0 Å². The van der Waals surface area contributed by atoms with Crippen LogP contribution in [0.1, 0.15) is 5.56 Å². The number of nitrogen functional groups attached to an aromatic ring is 1. The van der Waals surface area contributed by atoms with Gasteiger partial charge < -0.3 is 5.73 Å². The maximum Gasteiger partial charge on any atom is 0.265 e. The van der Waals surface area contributed by atoms with Gasteiger partial charge in [0.1, 0.15) is 16.8 Å². The highest BCUT2D eigenvalue weighted by Gasteiger charge is 2.26. The molecule has 2 aromatic carbocycles. The van der Waals surface area contributed by atoms with Crippen molar-refractivity contribution in [1.82, 2.24) is 0 Å². The third kappa shape index (κ3) is 2.66. The Morgan fingerprint density at radius 2 is 1.90 bits per heavy atom. The zero-order valence-electron chi connectivity index (χ0n) is 11.1. The predicted octanol–water partition coefficient (Wildman–Crippen LogP) is 2.10. The smallest absolute Gasteiger partial charge is 0.265 e. The Balaban J connectivity index is 2.58. The molecule has 0 aliphatic rings. The molecular formula is C14H12FN3O2S. The molecule has 0 fully saturated rings. The van der Waals surface area contributed by atoms with Crippen LogP contribution in [0.15, 0.2) is 47.4 Å². The molecule has 0 aromatic heterocycles. The highest BCUT2D eigenvalue weighted by molar-refractivity contribution is 7.92. The van der Waals surface area contributed by atoms with E-state index in [4.69, 9.17) is 11.0 Å². The largest absolute Gasteiger partial charge is 0.399 e. The number of nitrogens with two attached hydrogens (primary N) is 1. The van der Waals surface area contributed by atoms with Crippen molar-refractivity contribution >= 4 is 21.4 Å². The molecule has 2 rings (SSSR count). The molecule has 0 heterocycles.